The summed E-state index contributed by atoms with van der Waals surface area (Å²) in [6.07, 6.45) is 2.62. The number of anilines is 1. The van der Waals surface area contributed by atoms with Crippen LogP contribution in [0.3, 0.4) is 0 Å². The van der Waals surface area contributed by atoms with E-state index in [0.717, 1.165) is 28.6 Å². The van der Waals surface area contributed by atoms with E-state index in [1.807, 2.05) is 49.6 Å². The predicted octanol–water partition coefficient (Wildman–Crippen LogP) is 3.92. The first kappa shape index (κ1) is 19.1. The van der Waals surface area contributed by atoms with E-state index in [9.17, 15) is 4.79 Å². The molecule has 0 radical (unpaired) electrons. The standard InChI is InChI=1S/C21H23ClN4O/c1-3-13-11-25-20-16(8-5-9-17(20)21(23)27)19(13)26-18(12-24-2)14-6-4-7-15(22)10-14/h4-11,18,24H,3,12H2,1-2H3,(H2,23,27)(H,25,26)/t18-/m1/s1. The Morgan fingerprint density at radius 2 is 2.04 bits per heavy atom. The number of hydrogen-bond acceptors (Lipinski definition) is 4. The van der Waals surface area contributed by atoms with Gasteiger partial charge in [0.15, 0.2) is 0 Å². The van der Waals surface area contributed by atoms with Gasteiger partial charge in [0.25, 0.3) is 5.91 Å². The Hall–Kier alpha value is -2.63. The van der Waals surface area contributed by atoms with E-state index < -0.39 is 5.91 Å². The van der Waals surface area contributed by atoms with Crippen molar-refractivity contribution in [2.24, 2.45) is 5.73 Å². The number of aryl methyl sites for hydroxylation is 1. The summed E-state index contributed by atoms with van der Waals surface area (Å²) in [5, 5.41) is 8.44. The number of primary amides is 1. The van der Waals surface area contributed by atoms with E-state index in [-0.39, 0.29) is 6.04 Å². The zero-order valence-corrected chi connectivity index (χ0v) is 16.2. The molecule has 0 aliphatic rings. The van der Waals surface area contributed by atoms with Crippen LogP contribution in [-0.2, 0) is 6.42 Å². The second kappa shape index (κ2) is 8.37. The average Bonchev–Trinajstić information content (AvgIpc) is 2.67. The number of nitrogens with one attached hydrogen (secondary N) is 2. The molecule has 3 aromatic rings. The molecule has 0 unspecified atom stereocenters. The lowest BCUT2D eigenvalue weighted by molar-refractivity contribution is 0.100. The summed E-state index contributed by atoms with van der Waals surface area (Å²) in [6, 6.07) is 13.3. The summed E-state index contributed by atoms with van der Waals surface area (Å²) >= 11 is 6.19. The van der Waals surface area contributed by atoms with E-state index in [1.54, 1.807) is 6.07 Å². The molecule has 1 aromatic heterocycles. The molecule has 140 valence electrons. The van der Waals surface area contributed by atoms with Gasteiger partial charge in [-0.3, -0.25) is 9.78 Å². The second-order valence-electron chi connectivity index (χ2n) is 6.39. The number of rotatable bonds is 7. The van der Waals surface area contributed by atoms with Crippen LogP contribution in [0.15, 0.2) is 48.7 Å². The van der Waals surface area contributed by atoms with Crippen molar-refractivity contribution in [2.75, 3.05) is 18.9 Å². The summed E-state index contributed by atoms with van der Waals surface area (Å²) in [7, 11) is 1.91. The van der Waals surface area contributed by atoms with Crippen molar-refractivity contribution in [1.82, 2.24) is 10.3 Å². The van der Waals surface area contributed by atoms with Crippen molar-refractivity contribution in [3.8, 4) is 0 Å². The molecule has 0 saturated carbocycles. The molecule has 0 fully saturated rings. The largest absolute Gasteiger partial charge is 0.376 e. The van der Waals surface area contributed by atoms with Gasteiger partial charge in [-0.15, -0.1) is 0 Å². The molecular formula is C21H23ClN4O. The van der Waals surface area contributed by atoms with Gasteiger partial charge in [-0.1, -0.05) is 42.8 Å². The normalized spacial score (nSPS) is 12.1. The van der Waals surface area contributed by atoms with E-state index in [0.29, 0.717) is 22.6 Å². The van der Waals surface area contributed by atoms with Crippen LogP contribution in [0.5, 0.6) is 0 Å². The highest BCUT2D eigenvalue weighted by Crippen LogP contribution is 2.32. The fourth-order valence-corrected chi connectivity index (χ4v) is 3.45. The average molecular weight is 383 g/mol. The molecule has 1 heterocycles. The second-order valence-corrected chi connectivity index (χ2v) is 6.82. The summed E-state index contributed by atoms with van der Waals surface area (Å²) in [4.78, 5) is 16.3. The van der Waals surface area contributed by atoms with Crippen LogP contribution >= 0.6 is 11.6 Å². The molecule has 2 aromatic carbocycles. The van der Waals surface area contributed by atoms with Gasteiger partial charge in [-0.05, 0) is 42.8 Å². The Labute approximate surface area is 163 Å². The van der Waals surface area contributed by atoms with Crippen molar-refractivity contribution in [3.63, 3.8) is 0 Å². The molecule has 0 saturated heterocycles. The number of carbonyl (C=O) groups is 1. The number of benzene rings is 2. The molecular weight excluding hydrogens is 360 g/mol. The van der Waals surface area contributed by atoms with Crippen LogP contribution in [0, 0.1) is 0 Å². The van der Waals surface area contributed by atoms with Gasteiger partial charge in [-0.2, -0.15) is 0 Å². The van der Waals surface area contributed by atoms with Crippen molar-refractivity contribution < 1.29 is 4.79 Å². The molecule has 4 N–H and O–H groups in total. The number of aromatic nitrogens is 1. The van der Waals surface area contributed by atoms with Gasteiger partial charge in [0, 0.05) is 28.8 Å². The summed E-state index contributed by atoms with van der Waals surface area (Å²) < 4.78 is 0. The Balaban J connectivity index is 2.13. The number of fused-ring (bicyclic) bond motifs is 1. The smallest absolute Gasteiger partial charge is 0.250 e. The van der Waals surface area contributed by atoms with Crippen LogP contribution in [0.2, 0.25) is 5.02 Å². The Morgan fingerprint density at radius 1 is 1.26 bits per heavy atom. The quantitative estimate of drug-likeness (QED) is 0.578. The van der Waals surface area contributed by atoms with Gasteiger partial charge >= 0.3 is 0 Å². The molecule has 1 amide bonds. The first-order valence-electron chi connectivity index (χ1n) is 8.92. The number of likely N-dealkylation sites (N-methyl/N-ethyl adjacent to an activating group) is 1. The third kappa shape index (κ3) is 4.04. The monoisotopic (exact) mass is 382 g/mol. The van der Waals surface area contributed by atoms with Gasteiger partial charge in [-0.25, -0.2) is 0 Å². The number of nitrogens with two attached hydrogens (primary N) is 1. The SMILES string of the molecule is CCc1cnc2c(C(N)=O)cccc2c1N[C@H](CNC)c1cccc(Cl)c1. The number of halogens is 1. The van der Waals surface area contributed by atoms with Crippen LogP contribution in [-0.4, -0.2) is 24.5 Å². The molecule has 6 heteroatoms. The first-order chi connectivity index (χ1) is 13.0. The minimum absolute atomic E-state index is 0.00170. The lowest BCUT2D eigenvalue weighted by Gasteiger charge is -2.23. The van der Waals surface area contributed by atoms with Crippen molar-refractivity contribution in [2.45, 2.75) is 19.4 Å². The van der Waals surface area contributed by atoms with E-state index in [4.69, 9.17) is 17.3 Å². The fraction of sp³-hybridized carbons (Fsp3) is 0.238. The van der Waals surface area contributed by atoms with Crippen LogP contribution in [0.25, 0.3) is 10.9 Å². The number of amides is 1. The zero-order valence-electron chi connectivity index (χ0n) is 15.4. The fourth-order valence-electron chi connectivity index (χ4n) is 3.26. The highest BCUT2D eigenvalue weighted by Gasteiger charge is 2.17. The summed E-state index contributed by atoms with van der Waals surface area (Å²) in [5.74, 6) is -0.482. The zero-order chi connectivity index (χ0) is 19.4. The highest BCUT2D eigenvalue weighted by molar-refractivity contribution is 6.30. The number of nitrogens with zero attached hydrogens (tertiary/aromatic N) is 1. The van der Waals surface area contributed by atoms with Gasteiger partial charge < -0.3 is 16.4 Å². The maximum Gasteiger partial charge on any atom is 0.250 e. The topological polar surface area (TPSA) is 80.0 Å². The Kier molecular flexibility index (Phi) is 5.94. The van der Waals surface area contributed by atoms with Crippen molar-refractivity contribution in [3.05, 3.63) is 70.4 Å². The van der Waals surface area contributed by atoms with Crippen LogP contribution < -0.4 is 16.4 Å². The molecule has 0 bridgehead atoms. The maximum absolute atomic E-state index is 11.8. The van der Waals surface area contributed by atoms with Crippen LogP contribution in [0.1, 0.15) is 34.5 Å². The minimum atomic E-state index is -0.482. The maximum atomic E-state index is 11.8. The van der Waals surface area contributed by atoms with Gasteiger partial charge in [0.05, 0.1) is 17.1 Å². The summed E-state index contributed by atoms with van der Waals surface area (Å²) in [6.45, 7) is 2.79. The van der Waals surface area contributed by atoms with Crippen molar-refractivity contribution in [1.29, 1.82) is 0 Å². The predicted molar refractivity (Wildman–Crippen MR) is 111 cm³/mol. The third-order valence-electron chi connectivity index (χ3n) is 4.60. The highest BCUT2D eigenvalue weighted by atomic mass is 35.5. The molecule has 3 rings (SSSR count). The Morgan fingerprint density at radius 3 is 2.70 bits per heavy atom. The van der Waals surface area contributed by atoms with E-state index in [1.165, 1.54) is 0 Å². The molecule has 0 aliphatic carbocycles. The van der Waals surface area contributed by atoms with Crippen LogP contribution in [0.4, 0.5) is 5.69 Å². The van der Waals surface area contributed by atoms with Crippen molar-refractivity contribution >= 4 is 34.1 Å². The minimum Gasteiger partial charge on any atom is -0.376 e. The van der Waals surface area contributed by atoms with Gasteiger partial charge in [0.2, 0.25) is 0 Å². The summed E-state index contributed by atoms with van der Waals surface area (Å²) in [5.41, 5.74) is 9.68. The van der Waals surface area contributed by atoms with Gasteiger partial charge in [0.1, 0.15) is 0 Å². The number of carbonyl (C=O) groups excluding carboxylic acids is 1. The number of pyridine rings is 1. The number of hydrogen-bond donors (Lipinski definition) is 3. The third-order valence-corrected chi connectivity index (χ3v) is 4.84. The van der Waals surface area contributed by atoms with E-state index >= 15 is 0 Å². The molecule has 27 heavy (non-hydrogen) atoms. The lowest BCUT2D eigenvalue weighted by atomic mass is 10.0. The molecule has 0 aliphatic heterocycles. The van der Waals surface area contributed by atoms with E-state index in [2.05, 4.69) is 22.5 Å². The lowest BCUT2D eigenvalue weighted by Crippen LogP contribution is -2.24. The Bertz CT molecular complexity index is 974. The first-order valence-corrected chi connectivity index (χ1v) is 9.30. The molecule has 1 atom stereocenters. The molecule has 0 spiro atoms. The molecule has 5 nitrogen and oxygen atoms in total. The number of para-hydroxylation sites is 1.